The lowest BCUT2D eigenvalue weighted by molar-refractivity contribution is -0.135. The lowest BCUT2D eigenvalue weighted by atomic mass is 9.79. The average Bonchev–Trinajstić information content (AvgIpc) is 3.98. The van der Waals surface area contributed by atoms with Gasteiger partial charge in [0.15, 0.2) is 11.3 Å². The molecule has 1 unspecified atom stereocenters. The lowest BCUT2D eigenvalue weighted by Crippen LogP contribution is -2.56. The largest absolute Gasteiger partial charge is 0.371 e. The van der Waals surface area contributed by atoms with Crippen molar-refractivity contribution in [1.29, 1.82) is 0 Å². The molecular weight excluding hydrogens is 827 g/mol. The molecule has 1 spiro atoms. The number of benzene rings is 1. The van der Waals surface area contributed by atoms with Crippen LogP contribution in [0.25, 0.3) is 16.7 Å². The second-order valence-corrected chi connectivity index (χ2v) is 18.0. The molecule has 3 amide bonds. The van der Waals surface area contributed by atoms with E-state index in [0.717, 1.165) is 90.0 Å². The van der Waals surface area contributed by atoms with E-state index < -0.39 is 30.0 Å². The summed E-state index contributed by atoms with van der Waals surface area (Å²) in [5.74, 6) is 6.41. The van der Waals surface area contributed by atoms with Crippen LogP contribution in [-0.4, -0.2) is 126 Å². The number of piperazine rings is 1. The topological polar surface area (TPSA) is 169 Å². The van der Waals surface area contributed by atoms with Crippen LogP contribution in [0.4, 0.5) is 20.3 Å². The quantitative estimate of drug-likeness (QED) is 0.163. The first-order chi connectivity index (χ1) is 31.0. The molecule has 7 heterocycles. The van der Waals surface area contributed by atoms with E-state index >= 15 is 0 Å². The Morgan fingerprint density at radius 2 is 1.83 bits per heavy atom. The number of carbonyl (C=O) groups excluding carboxylic acids is 3. The van der Waals surface area contributed by atoms with Gasteiger partial charge in [-0.2, -0.15) is 10.2 Å². The Bertz CT molecular complexity index is 2730. The first-order valence-corrected chi connectivity index (χ1v) is 22.4. The number of imidazole rings is 1. The molecule has 19 heteroatoms. The number of carbonyl (C=O) groups is 3. The van der Waals surface area contributed by atoms with Gasteiger partial charge < -0.3 is 19.9 Å². The zero-order valence-electron chi connectivity index (χ0n) is 35.8. The molecule has 4 aromatic heterocycles. The van der Waals surface area contributed by atoms with Crippen molar-refractivity contribution >= 4 is 45.9 Å². The van der Waals surface area contributed by atoms with E-state index in [1.807, 2.05) is 24.3 Å². The molecule has 3 aliphatic heterocycles. The van der Waals surface area contributed by atoms with Gasteiger partial charge in [-0.3, -0.25) is 38.4 Å². The fraction of sp³-hybridized carbons (Fsp3) is 0.533. The van der Waals surface area contributed by atoms with Crippen molar-refractivity contribution in [2.24, 2.45) is 13.0 Å². The Morgan fingerprint density at radius 3 is 2.58 bits per heavy atom. The number of fused-ring (bicyclic) bond motifs is 2. The van der Waals surface area contributed by atoms with Crippen LogP contribution >= 0.6 is 0 Å². The van der Waals surface area contributed by atoms with E-state index in [1.54, 1.807) is 24.1 Å². The number of morpholine rings is 1. The van der Waals surface area contributed by atoms with Gasteiger partial charge in [0.25, 0.3) is 12.3 Å². The Kier molecular flexibility index (Phi) is 11.3. The summed E-state index contributed by atoms with van der Waals surface area (Å²) < 4.78 is 40.9. The highest BCUT2D eigenvalue weighted by atomic mass is 19.3. The van der Waals surface area contributed by atoms with E-state index in [-0.39, 0.29) is 47.3 Å². The minimum absolute atomic E-state index is 0.00756. The highest BCUT2D eigenvalue weighted by Crippen LogP contribution is 2.39. The van der Waals surface area contributed by atoms with E-state index in [0.29, 0.717) is 47.9 Å². The van der Waals surface area contributed by atoms with Gasteiger partial charge in [0.1, 0.15) is 17.4 Å². The van der Waals surface area contributed by atoms with Crippen LogP contribution in [0.3, 0.4) is 0 Å². The second kappa shape index (κ2) is 17.2. The molecule has 3 saturated heterocycles. The molecule has 17 nitrogen and oxygen atoms in total. The molecule has 2 saturated carbocycles. The van der Waals surface area contributed by atoms with Gasteiger partial charge in [-0.1, -0.05) is 17.9 Å². The number of rotatable bonds is 9. The molecule has 64 heavy (non-hydrogen) atoms. The van der Waals surface area contributed by atoms with Gasteiger partial charge in [0, 0.05) is 71.7 Å². The molecule has 5 aliphatic rings. The summed E-state index contributed by atoms with van der Waals surface area (Å²) in [7, 11) is 1.68. The summed E-state index contributed by atoms with van der Waals surface area (Å²) in [6.07, 6.45) is 8.99. The highest BCUT2D eigenvalue weighted by Gasteiger charge is 2.42. The molecule has 1 atom stereocenters. The van der Waals surface area contributed by atoms with Crippen LogP contribution in [0, 0.1) is 17.8 Å². The van der Waals surface area contributed by atoms with E-state index in [9.17, 15) is 28.0 Å². The van der Waals surface area contributed by atoms with Crippen molar-refractivity contribution in [2.75, 3.05) is 69.2 Å². The number of imide groups is 1. The van der Waals surface area contributed by atoms with Gasteiger partial charge in [0.05, 0.1) is 53.3 Å². The van der Waals surface area contributed by atoms with Gasteiger partial charge in [-0.05, 0) is 75.5 Å². The zero-order valence-corrected chi connectivity index (χ0v) is 35.8. The summed E-state index contributed by atoms with van der Waals surface area (Å²) in [6, 6.07) is 6.60. The molecule has 1 aromatic carbocycles. The summed E-state index contributed by atoms with van der Waals surface area (Å²) in [5.41, 5.74) is 1.63. The van der Waals surface area contributed by atoms with Gasteiger partial charge in [-0.25, -0.2) is 23.1 Å². The minimum atomic E-state index is -2.87. The van der Waals surface area contributed by atoms with Crippen molar-refractivity contribution in [1.82, 2.24) is 48.6 Å². The maximum absolute atomic E-state index is 14.4. The van der Waals surface area contributed by atoms with Gasteiger partial charge >= 0.3 is 5.69 Å². The van der Waals surface area contributed by atoms with E-state index in [2.05, 4.69) is 47.4 Å². The van der Waals surface area contributed by atoms with Crippen LogP contribution in [-0.2, 0) is 21.4 Å². The average molecular weight is 879 g/mol. The van der Waals surface area contributed by atoms with Crippen LogP contribution in [0.1, 0.15) is 97.9 Å². The Hall–Kier alpha value is -5.97. The molecule has 2 N–H and O–H groups in total. The number of alkyl halides is 2. The maximum Gasteiger partial charge on any atom is 0.329 e. The lowest BCUT2D eigenvalue weighted by Gasteiger charge is -2.48. The van der Waals surface area contributed by atoms with Crippen LogP contribution in [0.15, 0.2) is 47.7 Å². The van der Waals surface area contributed by atoms with Crippen molar-refractivity contribution < 1.29 is 27.9 Å². The predicted molar refractivity (Wildman–Crippen MR) is 232 cm³/mol. The molecule has 0 bridgehead atoms. The van der Waals surface area contributed by atoms with E-state index in [1.165, 1.54) is 19.8 Å². The number of amides is 3. The number of aryl methyl sites for hydroxylation is 1. The number of hydrogen-bond acceptors (Lipinski definition) is 11. The molecule has 336 valence electrons. The number of hydrogen-bond donors (Lipinski definition) is 2. The number of halogens is 2. The SMILES string of the molecule is Cn1c(=O)n(C2CCC(=O)NC2=O)c2cccc(C#CCN3CCN(CC4CCC(n5cc(NC(=O)c6cnn7ccc(N8CCOC9(CCC9)C8)nc67)c(C(F)F)n5)CC4)CC3)c21. The van der Waals surface area contributed by atoms with Crippen LogP contribution < -0.4 is 21.2 Å². The Labute approximate surface area is 367 Å². The van der Waals surface area contributed by atoms with E-state index in [4.69, 9.17) is 9.72 Å². The summed E-state index contributed by atoms with van der Waals surface area (Å²) in [4.78, 5) is 63.0. The monoisotopic (exact) mass is 878 g/mol. The third-order valence-corrected chi connectivity index (χ3v) is 14.0. The van der Waals surface area contributed by atoms with Crippen molar-refractivity contribution in [3.8, 4) is 11.8 Å². The molecular formula is C45H52F2N12O5. The van der Waals surface area contributed by atoms with Crippen LogP contribution in [0.2, 0.25) is 0 Å². The highest BCUT2D eigenvalue weighted by molar-refractivity contribution is 6.08. The molecule has 2 aliphatic carbocycles. The summed E-state index contributed by atoms with van der Waals surface area (Å²) in [5, 5.41) is 13.7. The zero-order chi connectivity index (χ0) is 44.1. The standard InChI is InChI=1S/C45H52F2N12O5/c1-53-39-30(5-2-7-34(39)59(44(53)63)35-12-13-37(60)51-43(35)62)6-3-17-54-19-21-55(22-20-54)26-29-8-10-31(11-9-29)58-27-33(38(52-58)40(46)47)49-42(61)32-25-48-57-18-14-36(50-41(32)57)56-23-24-64-45(28-56)15-4-16-45/h2,5,7,14,18,25,27,29,31,35,40H,4,8-13,15-17,19-24,26,28H2,1H3,(H,49,61)(H,51,60,62). The van der Waals surface area contributed by atoms with Gasteiger partial charge in [-0.15, -0.1) is 0 Å². The molecule has 0 radical (unpaired) electrons. The summed E-state index contributed by atoms with van der Waals surface area (Å²) in [6.45, 7) is 7.16. The van der Waals surface area contributed by atoms with Gasteiger partial charge in [0.2, 0.25) is 11.8 Å². The number of aromatic nitrogens is 7. The maximum atomic E-state index is 14.4. The first-order valence-electron chi connectivity index (χ1n) is 22.4. The van der Waals surface area contributed by atoms with Crippen molar-refractivity contribution in [2.45, 2.75) is 81.9 Å². The van der Waals surface area contributed by atoms with Crippen LogP contribution in [0.5, 0.6) is 0 Å². The normalized spacial score (nSPS) is 23.1. The first kappa shape index (κ1) is 42.0. The van der Waals surface area contributed by atoms with Crippen molar-refractivity contribution in [3.63, 3.8) is 0 Å². The Balaban J connectivity index is 0.717. The molecule has 10 rings (SSSR count). The number of ether oxygens (including phenoxy) is 1. The molecule has 5 fully saturated rings. The second-order valence-electron chi connectivity index (χ2n) is 18.0. The fourth-order valence-electron chi connectivity index (χ4n) is 10.3. The Morgan fingerprint density at radius 1 is 1.03 bits per heavy atom. The van der Waals surface area contributed by atoms with Crippen molar-refractivity contribution in [3.05, 3.63) is 70.2 Å². The third kappa shape index (κ3) is 8.07. The predicted octanol–water partition coefficient (Wildman–Crippen LogP) is 3.91. The minimum Gasteiger partial charge on any atom is -0.371 e. The number of nitrogens with one attached hydrogen (secondary N) is 2. The number of nitrogens with zero attached hydrogens (tertiary/aromatic N) is 10. The fourth-order valence-corrected chi connectivity index (χ4v) is 10.3. The summed E-state index contributed by atoms with van der Waals surface area (Å²) >= 11 is 0. The smallest absolute Gasteiger partial charge is 0.329 e. The number of para-hydroxylation sites is 1. The molecule has 5 aromatic rings. The number of piperidine rings is 1. The third-order valence-electron chi connectivity index (χ3n) is 14.0. The number of anilines is 2.